The first-order valence-corrected chi connectivity index (χ1v) is 9.25. The van der Waals surface area contributed by atoms with Crippen LogP contribution in [-0.4, -0.2) is 36.9 Å². The van der Waals surface area contributed by atoms with Crippen molar-refractivity contribution in [2.75, 3.05) is 31.4 Å². The molecule has 0 aliphatic heterocycles. The summed E-state index contributed by atoms with van der Waals surface area (Å²) in [5.74, 6) is 2.25. The zero-order chi connectivity index (χ0) is 20.6. The van der Waals surface area contributed by atoms with Crippen LogP contribution >= 0.6 is 0 Å². The molecule has 0 saturated heterocycles. The van der Waals surface area contributed by atoms with E-state index in [1.165, 1.54) is 0 Å². The highest BCUT2D eigenvalue weighted by Gasteiger charge is 2.08. The monoisotopic (exact) mass is 392 g/mol. The van der Waals surface area contributed by atoms with Gasteiger partial charge in [-0.3, -0.25) is 4.79 Å². The number of nitrogens with one attached hydrogen (secondary N) is 2. The van der Waals surface area contributed by atoms with Crippen molar-refractivity contribution in [1.29, 1.82) is 0 Å². The van der Waals surface area contributed by atoms with Crippen molar-refractivity contribution in [3.8, 4) is 11.5 Å². The Balaban J connectivity index is 1.52. The lowest BCUT2D eigenvalue weighted by molar-refractivity contribution is 0.102. The third kappa shape index (κ3) is 5.44. The lowest BCUT2D eigenvalue weighted by atomic mass is 10.1. The molecule has 29 heavy (non-hydrogen) atoms. The van der Waals surface area contributed by atoms with E-state index in [9.17, 15) is 4.79 Å². The summed E-state index contributed by atoms with van der Waals surface area (Å²) < 4.78 is 10.6. The molecule has 0 aliphatic rings. The smallest absolute Gasteiger partial charge is 0.256 e. The average molecular weight is 392 g/mol. The summed E-state index contributed by atoms with van der Waals surface area (Å²) in [5, 5.41) is 14.1. The number of amides is 1. The number of methoxy groups -OCH3 is 2. The molecule has 0 bridgehead atoms. The van der Waals surface area contributed by atoms with Crippen LogP contribution in [0.4, 0.5) is 11.6 Å². The van der Waals surface area contributed by atoms with E-state index in [-0.39, 0.29) is 5.91 Å². The van der Waals surface area contributed by atoms with Crippen molar-refractivity contribution in [3.05, 3.63) is 71.3 Å². The lowest BCUT2D eigenvalue weighted by Gasteiger charge is -2.10. The molecule has 150 valence electrons. The van der Waals surface area contributed by atoms with Gasteiger partial charge in [0, 0.05) is 12.1 Å². The molecule has 2 aromatic carbocycles. The predicted octanol–water partition coefficient (Wildman–Crippen LogP) is 3.71. The van der Waals surface area contributed by atoms with Crippen LogP contribution in [0.25, 0.3) is 0 Å². The van der Waals surface area contributed by atoms with Gasteiger partial charge in [-0.25, -0.2) is 0 Å². The molecule has 0 radical (unpaired) electrons. The number of carbonyl (C=O) groups excluding carboxylic acids is 1. The van der Waals surface area contributed by atoms with E-state index in [4.69, 9.17) is 9.47 Å². The van der Waals surface area contributed by atoms with E-state index in [2.05, 4.69) is 20.8 Å². The normalized spacial score (nSPS) is 10.3. The maximum atomic E-state index is 12.3. The number of hydrogen-bond donors (Lipinski definition) is 2. The highest BCUT2D eigenvalue weighted by molar-refractivity contribution is 6.03. The molecule has 7 nitrogen and oxygen atoms in total. The standard InChI is InChI=1S/C22H24N4O3/c1-15-5-4-6-17(13-15)22(27)24-21-10-9-20(25-26-21)23-12-11-16-7-8-18(28-2)19(14-16)29-3/h4-10,13-14H,11-12H2,1-3H3,(H,23,25)(H,24,26,27). The van der Waals surface area contributed by atoms with Crippen molar-refractivity contribution >= 4 is 17.5 Å². The lowest BCUT2D eigenvalue weighted by Crippen LogP contribution is -2.14. The summed E-state index contributed by atoms with van der Waals surface area (Å²) in [4.78, 5) is 12.3. The second-order valence-corrected chi connectivity index (χ2v) is 6.49. The molecule has 3 rings (SSSR count). The highest BCUT2D eigenvalue weighted by atomic mass is 16.5. The molecule has 0 unspecified atom stereocenters. The van der Waals surface area contributed by atoms with Gasteiger partial charge in [0.25, 0.3) is 5.91 Å². The maximum absolute atomic E-state index is 12.3. The molecule has 0 fully saturated rings. The fourth-order valence-electron chi connectivity index (χ4n) is 2.84. The van der Waals surface area contributed by atoms with E-state index in [0.29, 0.717) is 35.2 Å². The van der Waals surface area contributed by atoms with Gasteiger partial charge in [-0.15, -0.1) is 10.2 Å². The van der Waals surface area contributed by atoms with Gasteiger partial charge in [0.15, 0.2) is 17.3 Å². The summed E-state index contributed by atoms with van der Waals surface area (Å²) in [6, 6.07) is 16.7. The summed E-state index contributed by atoms with van der Waals surface area (Å²) in [5.41, 5.74) is 2.73. The molecule has 0 atom stereocenters. The van der Waals surface area contributed by atoms with E-state index in [0.717, 1.165) is 17.5 Å². The van der Waals surface area contributed by atoms with Crippen LogP contribution in [-0.2, 0) is 6.42 Å². The summed E-state index contributed by atoms with van der Waals surface area (Å²) in [6.07, 6.45) is 0.786. The highest BCUT2D eigenvalue weighted by Crippen LogP contribution is 2.27. The number of aryl methyl sites for hydroxylation is 1. The quantitative estimate of drug-likeness (QED) is 0.608. The van der Waals surface area contributed by atoms with Gasteiger partial charge in [-0.1, -0.05) is 23.8 Å². The number of benzene rings is 2. The van der Waals surface area contributed by atoms with Gasteiger partial charge in [-0.2, -0.15) is 0 Å². The third-order valence-corrected chi connectivity index (χ3v) is 4.35. The van der Waals surface area contributed by atoms with Crippen LogP contribution in [0.2, 0.25) is 0 Å². The Morgan fingerprint density at radius 1 is 0.931 bits per heavy atom. The molecule has 0 spiro atoms. The van der Waals surface area contributed by atoms with Gasteiger partial charge in [-0.05, 0) is 55.3 Å². The Hall–Kier alpha value is -3.61. The Kier molecular flexibility index (Phi) is 6.63. The second-order valence-electron chi connectivity index (χ2n) is 6.49. The molecule has 1 heterocycles. The van der Waals surface area contributed by atoms with Crippen LogP contribution < -0.4 is 20.1 Å². The van der Waals surface area contributed by atoms with Gasteiger partial charge >= 0.3 is 0 Å². The number of aromatic nitrogens is 2. The molecular formula is C22H24N4O3. The summed E-state index contributed by atoms with van der Waals surface area (Å²) >= 11 is 0. The maximum Gasteiger partial charge on any atom is 0.256 e. The minimum absolute atomic E-state index is 0.211. The topological polar surface area (TPSA) is 85.4 Å². The first-order chi connectivity index (χ1) is 14.1. The van der Waals surface area contributed by atoms with E-state index >= 15 is 0 Å². The molecule has 1 amide bonds. The molecule has 2 N–H and O–H groups in total. The summed E-state index contributed by atoms with van der Waals surface area (Å²) in [7, 11) is 3.24. The van der Waals surface area contributed by atoms with E-state index in [1.807, 2.05) is 43.3 Å². The Bertz CT molecular complexity index is 974. The minimum Gasteiger partial charge on any atom is -0.493 e. The van der Waals surface area contributed by atoms with Crippen molar-refractivity contribution in [1.82, 2.24) is 10.2 Å². The number of rotatable bonds is 8. The average Bonchev–Trinajstić information content (AvgIpc) is 2.74. The number of hydrogen-bond acceptors (Lipinski definition) is 6. The van der Waals surface area contributed by atoms with Gasteiger partial charge in [0.05, 0.1) is 14.2 Å². The zero-order valence-corrected chi connectivity index (χ0v) is 16.7. The summed E-state index contributed by atoms with van der Waals surface area (Å²) in [6.45, 7) is 2.62. The Labute approximate surface area is 170 Å². The molecular weight excluding hydrogens is 368 g/mol. The molecule has 0 aliphatic carbocycles. The Morgan fingerprint density at radius 3 is 2.38 bits per heavy atom. The third-order valence-electron chi connectivity index (χ3n) is 4.35. The van der Waals surface area contributed by atoms with Crippen LogP contribution in [0.5, 0.6) is 11.5 Å². The van der Waals surface area contributed by atoms with Crippen LogP contribution in [0.15, 0.2) is 54.6 Å². The largest absolute Gasteiger partial charge is 0.493 e. The van der Waals surface area contributed by atoms with Crippen LogP contribution in [0.3, 0.4) is 0 Å². The van der Waals surface area contributed by atoms with Crippen molar-refractivity contribution in [2.24, 2.45) is 0 Å². The zero-order valence-electron chi connectivity index (χ0n) is 16.7. The predicted molar refractivity (Wildman–Crippen MR) is 113 cm³/mol. The fraction of sp³-hybridized carbons (Fsp3) is 0.227. The van der Waals surface area contributed by atoms with E-state index < -0.39 is 0 Å². The number of ether oxygens (including phenoxy) is 2. The van der Waals surface area contributed by atoms with Gasteiger partial charge < -0.3 is 20.1 Å². The van der Waals surface area contributed by atoms with Crippen molar-refractivity contribution in [3.63, 3.8) is 0 Å². The van der Waals surface area contributed by atoms with Crippen LogP contribution in [0, 0.1) is 6.92 Å². The molecule has 3 aromatic rings. The van der Waals surface area contributed by atoms with Crippen LogP contribution in [0.1, 0.15) is 21.5 Å². The number of anilines is 2. The van der Waals surface area contributed by atoms with Crippen molar-refractivity contribution < 1.29 is 14.3 Å². The number of nitrogens with zero attached hydrogens (tertiary/aromatic N) is 2. The first kappa shape index (κ1) is 20.1. The SMILES string of the molecule is COc1ccc(CCNc2ccc(NC(=O)c3cccc(C)c3)nn2)cc1OC. The molecule has 0 saturated carbocycles. The van der Waals surface area contributed by atoms with E-state index in [1.54, 1.807) is 32.4 Å². The van der Waals surface area contributed by atoms with Gasteiger partial charge in [0.1, 0.15) is 5.82 Å². The van der Waals surface area contributed by atoms with Gasteiger partial charge in [0.2, 0.25) is 0 Å². The Morgan fingerprint density at radius 2 is 1.69 bits per heavy atom. The molecule has 7 heteroatoms. The number of carbonyl (C=O) groups is 1. The first-order valence-electron chi connectivity index (χ1n) is 9.25. The minimum atomic E-state index is -0.211. The fourth-order valence-corrected chi connectivity index (χ4v) is 2.84. The van der Waals surface area contributed by atoms with Crippen molar-refractivity contribution in [2.45, 2.75) is 13.3 Å². The second kappa shape index (κ2) is 9.54. The molecule has 1 aromatic heterocycles.